The summed E-state index contributed by atoms with van der Waals surface area (Å²) in [6, 6.07) is 4.04. The zero-order valence-electron chi connectivity index (χ0n) is 12.1. The molecule has 1 aromatic rings. The Morgan fingerprint density at radius 2 is 2.15 bits per heavy atom. The van der Waals surface area contributed by atoms with Crippen LogP contribution in [0.25, 0.3) is 0 Å². The van der Waals surface area contributed by atoms with Crippen molar-refractivity contribution < 1.29 is 9.84 Å². The maximum atomic E-state index is 9.18. The van der Waals surface area contributed by atoms with Crippen LogP contribution in [-0.4, -0.2) is 72.4 Å². The van der Waals surface area contributed by atoms with Gasteiger partial charge < -0.3 is 9.84 Å². The monoisotopic (exact) mass is 279 g/mol. The van der Waals surface area contributed by atoms with E-state index < -0.39 is 0 Å². The summed E-state index contributed by atoms with van der Waals surface area (Å²) in [7, 11) is 0. The first-order chi connectivity index (χ1) is 9.88. The van der Waals surface area contributed by atoms with Gasteiger partial charge in [0.2, 0.25) is 0 Å². The molecule has 1 aliphatic heterocycles. The van der Waals surface area contributed by atoms with Crippen LogP contribution < -0.4 is 0 Å². The number of aliphatic hydroxyl groups excluding tert-OH is 1. The number of ether oxygens (including phenoxy) is 1. The van der Waals surface area contributed by atoms with Crippen molar-refractivity contribution in [2.45, 2.75) is 13.0 Å². The molecular formula is C15H25N3O2. The van der Waals surface area contributed by atoms with Crippen LogP contribution in [-0.2, 0) is 11.3 Å². The second-order valence-corrected chi connectivity index (χ2v) is 5.17. The van der Waals surface area contributed by atoms with Crippen molar-refractivity contribution in [1.29, 1.82) is 0 Å². The molecule has 0 radical (unpaired) electrons. The molecule has 0 aliphatic carbocycles. The van der Waals surface area contributed by atoms with Crippen LogP contribution in [0.1, 0.15) is 12.0 Å². The molecule has 0 bridgehead atoms. The number of rotatable bonds is 8. The highest BCUT2D eigenvalue weighted by molar-refractivity contribution is 5.08. The van der Waals surface area contributed by atoms with Crippen LogP contribution in [0, 0.1) is 0 Å². The average Bonchev–Trinajstić information content (AvgIpc) is 2.49. The van der Waals surface area contributed by atoms with Crippen molar-refractivity contribution in [3.05, 3.63) is 30.1 Å². The lowest BCUT2D eigenvalue weighted by Crippen LogP contribution is -2.38. The van der Waals surface area contributed by atoms with Gasteiger partial charge in [-0.25, -0.2) is 0 Å². The van der Waals surface area contributed by atoms with Crippen LogP contribution in [0.2, 0.25) is 0 Å². The first kappa shape index (κ1) is 15.4. The van der Waals surface area contributed by atoms with Crippen molar-refractivity contribution >= 4 is 0 Å². The molecule has 5 heteroatoms. The van der Waals surface area contributed by atoms with Gasteiger partial charge in [0.15, 0.2) is 0 Å². The number of nitrogens with zero attached hydrogens (tertiary/aromatic N) is 3. The van der Waals surface area contributed by atoms with Crippen LogP contribution in [0.15, 0.2) is 24.5 Å². The molecule has 2 heterocycles. The fraction of sp³-hybridized carbons (Fsp3) is 0.667. The van der Waals surface area contributed by atoms with Crippen molar-refractivity contribution in [3.8, 4) is 0 Å². The molecule has 0 saturated carbocycles. The second-order valence-electron chi connectivity index (χ2n) is 5.17. The lowest BCUT2D eigenvalue weighted by Gasteiger charge is -2.28. The highest BCUT2D eigenvalue weighted by atomic mass is 16.5. The van der Waals surface area contributed by atoms with Crippen LogP contribution in [0.3, 0.4) is 0 Å². The van der Waals surface area contributed by atoms with Crippen LogP contribution in [0.5, 0.6) is 0 Å². The summed E-state index contributed by atoms with van der Waals surface area (Å²) in [4.78, 5) is 8.88. The van der Waals surface area contributed by atoms with E-state index in [4.69, 9.17) is 4.74 Å². The van der Waals surface area contributed by atoms with Crippen molar-refractivity contribution in [2.75, 3.05) is 52.5 Å². The summed E-state index contributed by atoms with van der Waals surface area (Å²) >= 11 is 0. The molecule has 0 spiro atoms. The Bertz CT molecular complexity index is 355. The Morgan fingerprint density at radius 1 is 1.30 bits per heavy atom. The van der Waals surface area contributed by atoms with E-state index in [1.54, 1.807) is 6.20 Å². The minimum atomic E-state index is 0.206. The molecular weight excluding hydrogens is 254 g/mol. The van der Waals surface area contributed by atoms with Gasteiger partial charge in [-0.15, -0.1) is 0 Å². The predicted octanol–water partition coefficient (Wildman–Crippen LogP) is 0.598. The van der Waals surface area contributed by atoms with Crippen molar-refractivity contribution in [1.82, 2.24) is 14.8 Å². The van der Waals surface area contributed by atoms with Gasteiger partial charge in [0.1, 0.15) is 0 Å². The number of aromatic nitrogens is 1. The zero-order chi connectivity index (χ0) is 14.0. The van der Waals surface area contributed by atoms with Crippen LogP contribution >= 0.6 is 0 Å². The van der Waals surface area contributed by atoms with E-state index in [1.165, 1.54) is 5.56 Å². The fourth-order valence-corrected chi connectivity index (χ4v) is 2.50. The molecule has 0 atom stereocenters. The largest absolute Gasteiger partial charge is 0.395 e. The highest BCUT2D eigenvalue weighted by Crippen LogP contribution is 2.05. The van der Waals surface area contributed by atoms with Gasteiger partial charge >= 0.3 is 0 Å². The van der Waals surface area contributed by atoms with Gasteiger partial charge in [-0.1, -0.05) is 6.07 Å². The molecule has 0 amide bonds. The van der Waals surface area contributed by atoms with E-state index in [9.17, 15) is 5.11 Å². The lowest BCUT2D eigenvalue weighted by molar-refractivity contribution is 0.0357. The predicted molar refractivity (Wildman–Crippen MR) is 78.5 cm³/mol. The minimum Gasteiger partial charge on any atom is -0.395 e. The number of aliphatic hydroxyl groups is 1. The Morgan fingerprint density at radius 3 is 2.85 bits per heavy atom. The second kappa shape index (κ2) is 9.02. The van der Waals surface area contributed by atoms with Gasteiger partial charge in [0.25, 0.3) is 0 Å². The normalized spacial score (nSPS) is 16.7. The number of pyridine rings is 1. The van der Waals surface area contributed by atoms with Gasteiger partial charge in [-0.3, -0.25) is 14.8 Å². The maximum Gasteiger partial charge on any atom is 0.0594 e. The van der Waals surface area contributed by atoms with E-state index in [1.807, 2.05) is 12.3 Å². The Balaban J connectivity index is 1.71. The molecule has 1 fully saturated rings. The zero-order valence-corrected chi connectivity index (χ0v) is 12.1. The Labute approximate surface area is 121 Å². The standard InChI is InChI=1S/C15H25N3O2/c19-10-7-18(14-15-3-1-4-16-13-15)6-2-5-17-8-11-20-12-9-17/h1,3-4,13,19H,2,5-12,14H2. The van der Waals surface area contributed by atoms with Crippen LogP contribution in [0.4, 0.5) is 0 Å². The van der Waals surface area contributed by atoms with Gasteiger partial charge in [0.05, 0.1) is 19.8 Å². The van der Waals surface area contributed by atoms with E-state index in [0.29, 0.717) is 0 Å². The number of hydrogen-bond acceptors (Lipinski definition) is 5. The summed E-state index contributed by atoms with van der Waals surface area (Å²) in [6.45, 7) is 7.70. The fourth-order valence-electron chi connectivity index (χ4n) is 2.50. The smallest absolute Gasteiger partial charge is 0.0594 e. The third-order valence-electron chi connectivity index (χ3n) is 3.60. The molecule has 5 nitrogen and oxygen atoms in total. The molecule has 2 rings (SSSR count). The molecule has 1 aromatic heterocycles. The third kappa shape index (κ3) is 5.54. The highest BCUT2D eigenvalue weighted by Gasteiger charge is 2.11. The molecule has 0 aromatic carbocycles. The number of morpholine rings is 1. The summed E-state index contributed by atoms with van der Waals surface area (Å²) in [5.74, 6) is 0. The van der Waals surface area contributed by atoms with E-state index >= 15 is 0 Å². The third-order valence-corrected chi connectivity index (χ3v) is 3.60. The summed E-state index contributed by atoms with van der Waals surface area (Å²) in [5, 5.41) is 9.18. The summed E-state index contributed by atoms with van der Waals surface area (Å²) < 4.78 is 5.35. The van der Waals surface area contributed by atoms with Crippen molar-refractivity contribution in [3.63, 3.8) is 0 Å². The van der Waals surface area contributed by atoms with Gasteiger partial charge in [0, 0.05) is 38.6 Å². The summed E-state index contributed by atoms with van der Waals surface area (Å²) in [5.41, 5.74) is 1.20. The quantitative estimate of drug-likeness (QED) is 0.755. The first-order valence-electron chi connectivity index (χ1n) is 7.40. The molecule has 112 valence electrons. The average molecular weight is 279 g/mol. The maximum absolute atomic E-state index is 9.18. The lowest BCUT2D eigenvalue weighted by atomic mass is 10.2. The molecule has 1 aliphatic rings. The molecule has 20 heavy (non-hydrogen) atoms. The van der Waals surface area contributed by atoms with E-state index in [2.05, 4.69) is 20.9 Å². The van der Waals surface area contributed by atoms with Gasteiger partial charge in [-0.05, 0) is 31.1 Å². The van der Waals surface area contributed by atoms with Crippen molar-refractivity contribution in [2.24, 2.45) is 0 Å². The van der Waals surface area contributed by atoms with E-state index in [0.717, 1.165) is 58.9 Å². The summed E-state index contributed by atoms with van der Waals surface area (Å²) in [6.07, 6.45) is 4.81. The molecule has 1 saturated heterocycles. The molecule has 1 N–H and O–H groups in total. The number of hydrogen-bond donors (Lipinski definition) is 1. The Kier molecular flexibility index (Phi) is 6.94. The minimum absolute atomic E-state index is 0.206. The topological polar surface area (TPSA) is 48.8 Å². The Hall–Kier alpha value is -1.01. The first-order valence-corrected chi connectivity index (χ1v) is 7.40. The SMILES string of the molecule is OCCN(CCCN1CCOCC1)Cc1cccnc1. The molecule has 0 unspecified atom stereocenters. The van der Waals surface area contributed by atoms with E-state index in [-0.39, 0.29) is 6.61 Å². The van der Waals surface area contributed by atoms with Gasteiger partial charge in [-0.2, -0.15) is 0 Å².